The summed E-state index contributed by atoms with van der Waals surface area (Å²) in [5, 5.41) is 0. The van der Waals surface area contributed by atoms with Crippen molar-refractivity contribution < 1.29 is 18.3 Å². The van der Waals surface area contributed by atoms with Gasteiger partial charge in [-0.05, 0) is 63.5 Å². The average molecular weight is 322 g/mol. The highest BCUT2D eigenvalue weighted by atomic mass is 19.2. The topological polar surface area (TPSA) is 18.5 Å². The fourth-order valence-corrected chi connectivity index (χ4v) is 2.89. The van der Waals surface area contributed by atoms with E-state index in [9.17, 15) is 8.78 Å². The monoisotopic (exact) mass is 322 g/mol. The molecular formula is C19H24F2O2. The molecule has 1 aliphatic carbocycles. The zero-order valence-corrected chi connectivity index (χ0v) is 13.7. The van der Waals surface area contributed by atoms with Gasteiger partial charge in [-0.3, -0.25) is 0 Å². The van der Waals surface area contributed by atoms with Crippen LogP contribution in [-0.2, 0) is 0 Å². The summed E-state index contributed by atoms with van der Waals surface area (Å²) in [7, 11) is 0. The van der Waals surface area contributed by atoms with Gasteiger partial charge in [-0.15, -0.1) is 0 Å². The lowest BCUT2D eigenvalue weighted by Crippen LogP contribution is -2.19. The summed E-state index contributed by atoms with van der Waals surface area (Å²) in [6, 6.07) is 2.80. The van der Waals surface area contributed by atoms with Gasteiger partial charge in [0.2, 0.25) is 11.6 Å². The van der Waals surface area contributed by atoms with Gasteiger partial charge >= 0.3 is 0 Å². The molecule has 2 nitrogen and oxygen atoms in total. The predicted molar refractivity (Wildman–Crippen MR) is 87.6 cm³/mol. The molecule has 0 unspecified atom stereocenters. The van der Waals surface area contributed by atoms with Crippen LogP contribution in [0.25, 0.3) is 0 Å². The highest BCUT2D eigenvalue weighted by Gasteiger charge is 2.21. The summed E-state index contributed by atoms with van der Waals surface area (Å²) in [6.45, 7) is 4.20. The predicted octanol–water partition coefficient (Wildman–Crippen LogP) is 5.64. The Labute approximate surface area is 136 Å². The molecule has 1 aromatic rings. The van der Waals surface area contributed by atoms with E-state index in [0.29, 0.717) is 18.4 Å². The number of allylic oxidation sites excluding steroid dienone is 3. The average Bonchev–Trinajstić information content (AvgIpc) is 2.57. The molecule has 0 bridgehead atoms. The molecular weight excluding hydrogens is 298 g/mol. The molecule has 4 heteroatoms. The molecule has 1 aliphatic rings. The van der Waals surface area contributed by atoms with E-state index in [1.807, 2.05) is 6.92 Å². The highest BCUT2D eigenvalue weighted by Crippen LogP contribution is 2.32. The first kappa shape index (κ1) is 17.5. The largest absolute Gasteiger partial charge is 0.490 e. The van der Waals surface area contributed by atoms with E-state index >= 15 is 0 Å². The van der Waals surface area contributed by atoms with Crippen LogP contribution in [0.3, 0.4) is 0 Å². The maximum absolute atomic E-state index is 14.0. The van der Waals surface area contributed by atoms with Gasteiger partial charge in [0.15, 0.2) is 11.5 Å². The second-order valence-corrected chi connectivity index (χ2v) is 5.89. The molecule has 1 saturated carbocycles. The van der Waals surface area contributed by atoms with E-state index in [1.54, 1.807) is 13.0 Å². The van der Waals surface area contributed by atoms with E-state index in [4.69, 9.17) is 9.47 Å². The molecule has 0 heterocycles. The Hall–Kier alpha value is -1.84. The summed E-state index contributed by atoms with van der Waals surface area (Å²) in [4.78, 5) is 0. The van der Waals surface area contributed by atoms with Crippen molar-refractivity contribution in [2.24, 2.45) is 11.8 Å². The number of rotatable bonds is 6. The van der Waals surface area contributed by atoms with Crippen molar-refractivity contribution in [3.8, 4) is 11.5 Å². The molecule has 0 N–H and O–H groups in total. The summed E-state index contributed by atoms with van der Waals surface area (Å²) in [5.74, 6) is -1.15. The van der Waals surface area contributed by atoms with Gasteiger partial charge in [-0.2, -0.15) is 8.78 Å². The van der Waals surface area contributed by atoms with Crippen LogP contribution in [0, 0.1) is 23.5 Å². The van der Waals surface area contributed by atoms with Gasteiger partial charge in [0, 0.05) is 0 Å². The van der Waals surface area contributed by atoms with Gasteiger partial charge in [0.25, 0.3) is 0 Å². The van der Waals surface area contributed by atoms with Crippen molar-refractivity contribution in [1.82, 2.24) is 0 Å². The highest BCUT2D eigenvalue weighted by molar-refractivity contribution is 5.35. The van der Waals surface area contributed by atoms with Gasteiger partial charge < -0.3 is 9.47 Å². The molecule has 0 aliphatic heterocycles. The van der Waals surface area contributed by atoms with E-state index in [-0.39, 0.29) is 11.5 Å². The Balaban J connectivity index is 1.90. The summed E-state index contributed by atoms with van der Waals surface area (Å²) in [5.41, 5.74) is 0. The third-order valence-electron chi connectivity index (χ3n) is 4.17. The smallest absolute Gasteiger partial charge is 0.205 e. The Morgan fingerprint density at radius 3 is 2.30 bits per heavy atom. The van der Waals surface area contributed by atoms with Crippen LogP contribution in [0.5, 0.6) is 11.5 Å². The quantitative estimate of drug-likeness (QED) is 0.498. The molecule has 23 heavy (non-hydrogen) atoms. The molecule has 0 atom stereocenters. The molecule has 0 radical (unpaired) electrons. The fourth-order valence-electron chi connectivity index (χ4n) is 2.89. The standard InChI is InChI=1S/C19H24F2O2/c1-3-5-14-6-8-15(9-7-14)13-23-17-11-10-16(22-12-4-2)18(20)19(17)21/h3-5,10-12,14-15H,6-9,13H2,1-2H3/b5-3+,12-4+. The molecule has 0 aromatic heterocycles. The van der Waals surface area contributed by atoms with Gasteiger partial charge in [0.05, 0.1) is 12.9 Å². The molecule has 126 valence electrons. The lowest BCUT2D eigenvalue weighted by Gasteiger charge is -2.26. The SMILES string of the molecule is C/C=C/Oc1ccc(OCC2CCC(/C=C/C)CC2)c(F)c1F. The summed E-state index contributed by atoms with van der Waals surface area (Å²) >= 11 is 0. The second-order valence-electron chi connectivity index (χ2n) is 5.89. The lowest BCUT2D eigenvalue weighted by atomic mass is 9.82. The van der Waals surface area contributed by atoms with E-state index in [2.05, 4.69) is 12.2 Å². The Morgan fingerprint density at radius 2 is 1.65 bits per heavy atom. The Kier molecular flexibility index (Phi) is 6.63. The van der Waals surface area contributed by atoms with E-state index in [0.717, 1.165) is 25.7 Å². The molecule has 0 saturated heterocycles. The summed E-state index contributed by atoms with van der Waals surface area (Å²) < 4.78 is 38.4. The van der Waals surface area contributed by atoms with Crippen molar-refractivity contribution in [2.75, 3.05) is 6.61 Å². The first-order valence-electron chi connectivity index (χ1n) is 8.17. The third kappa shape index (κ3) is 4.81. The minimum atomic E-state index is -1.02. The van der Waals surface area contributed by atoms with Crippen molar-refractivity contribution in [1.29, 1.82) is 0 Å². The Morgan fingerprint density at radius 1 is 1.00 bits per heavy atom. The lowest BCUT2D eigenvalue weighted by molar-refractivity contribution is 0.187. The van der Waals surface area contributed by atoms with Crippen LogP contribution in [0.4, 0.5) is 8.78 Å². The number of halogens is 2. The first-order chi connectivity index (χ1) is 11.2. The van der Waals surface area contributed by atoms with Crippen molar-refractivity contribution in [3.05, 3.63) is 48.3 Å². The molecule has 0 spiro atoms. The second kappa shape index (κ2) is 8.70. The number of ether oxygens (including phenoxy) is 2. The van der Waals surface area contributed by atoms with Crippen LogP contribution in [0.2, 0.25) is 0 Å². The van der Waals surface area contributed by atoms with Gasteiger partial charge in [-0.25, -0.2) is 0 Å². The van der Waals surface area contributed by atoms with Crippen LogP contribution in [0.1, 0.15) is 39.5 Å². The zero-order chi connectivity index (χ0) is 16.7. The normalized spacial score (nSPS) is 21.9. The first-order valence-corrected chi connectivity index (χ1v) is 8.17. The maximum atomic E-state index is 14.0. The van der Waals surface area contributed by atoms with Crippen molar-refractivity contribution >= 4 is 0 Å². The minimum absolute atomic E-state index is 0.0501. The number of hydrogen-bond donors (Lipinski definition) is 0. The minimum Gasteiger partial charge on any atom is -0.490 e. The molecule has 2 rings (SSSR count). The fraction of sp³-hybridized carbons (Fsp3) is 0.474. The summed E-state index contributed by atoms with van der Waals surface area (Å²) in [6.07, 6.45) is 11.6. The van der Waals surface area contributed by atoms with Crippen molar-refractivity contribution in [3.63, 3.8) is 0 Å². The van der Waals surface area contributed by atoms with Gasteiger partial charge in [-0.1, -0.05) is 18.2 Å². The molecule has 0 amide bonds. The van der Waals surface area contributed by atoms with Gasteiger partial charge in [0.1, 0.15) is 0 Å². The number of hydrogen-bond acceptors (Lipinski definition) is 2. The zero-order valence-electron chi connectivity index (χ0n) is 13.7. The Bertz CT molecular complexity index is 559. The van der Waals surface area contributed by atoms with Crippen LogP contribution in [-0.4, -0.2) is 6.61 Å². The molecule has 1 fully saturated rings. The maximum Gasteiger partial charge on any atom is 0.205 e. The van der Waals surface area contributed by atoms with Crippen LogP contribution < -0.4 is 9.47 Å². The van der Waals surface area contributed by atoms with Crippen molar-refractivity contribution in [2.45, 2.75) is 39.5 Å². The van der Waals surface area contributed by atoms with E-state index < -0.39 is 11.6 Å². The van der Waals surface area contributed by atoms with Crippen LogP contribution in [0.15, 0.2) is 36.6 Å². The third-order valence-corrected chi connectivity index (χ3v) is 4.17. The van der Waals surface area contributed by atoms with E-state index in [1.165, 1.54) is 18.4 Å². The van der Waals surface area contributed by atoms with Crippen LogP contribution >= 0.6 is 0 Å². The number of benzene rings is 1. The molecule has 1 aromatic carbocycles.